The van der Waals surface area contributed by atoms with Gasteiger partial charge in [-0.15, -0.1) is 11.8 Å². The number of ether oxygens (including phenoxy) is 1. The van der Waals surface area contributed by atoms with Crippen LogP contribution in [-0.2, 0) is 4.74 Å². The van der Waals surface area contributed by atoms with Crippen LogP contribution in [-0.4, -0.2) is 26.0 Å². The smallest absolute Gasteiger partial charge is 0.0575 e. The van der Waals surface area contributed by atoms with E-state index in [0.717, 1.165) is 5.56 Å². The van der Waals surface area contributed by atoms with E-state index < -0.39 is 0 Å². The Balaban J connectivity index is 2.16. The van der Waals surface area contributed by atoms with E-state index in [9.17, 15) is 0 Å². The summed E-state index contributed by atoms with van der Waals surface area (Å²) in [6.07, 6.45) is 2.07. The third kappa shape index (κ3) is 1.98. The van der Waals surface area contributed by atoms with E-state index in [4.69, 9.17) is 16.2 Å². The Labute approximate surface area is 101 Å². The molecule has 0 bridgehead atoms. The lowest BCUT2D eigenvalue weighted by molar-refractivity contribution is -0.121. The first-order valence-corrected chi connectivity index (χ1v) is 6.62. The van der Waals surface area contributed by atoms with E-state index >= 15 is 0 Å². The lowest BCUT2D eigenvalue weighted by atomic mass is 9.76. The van der Waals surface area contributed by atoms with E-state index in [1.54, 1.807) is 11.8 Å². The van der Waals surface area contributed by atoms with E-state index in [1.165, 1.54) is 4.90 Å². The van der Waals surface area contributed by atoms with Gasteiger partial charge in [-0.1, -0.05) is 12.1 Å². The molecule has 1 aromatic carbocycles. The van der Waals surface area contributed by atoms with Crippen LogP contribution >= 0.6 is 11.8 Å². The normalized spacial score (nSPS) is 20.2. The number of benzene rings is 1. The van der Waals surface area contributed by atoms with Gasteiger partial charge in [0.05, 0.1) is 13.2 Å². The molecule has 0 radical (unpaired) electrons. The van der Waals surface area contributed by atoms with Crippen LogP contribution in [0, 0.1) is 5.41 Å². The summed E-state index contributed by atoms with van der Waals surface area (Å²) < 4.78 is 5.25. The van der Waals surface area contributed by atoms with Gasteiger partial charge in [-0.2, -0.15) is 0 Å². The van der Waals surface area contributed by atoms with Crippen molar-refractivity contribution in [2.75, 3.05) is 26.0 Å². The molecule has 0 aromatic heterocycles. The second-order valence-corrected chi connectivity index (χ2v) is 5.19. The molecule has 2 rings (SSSR count). The summed E-state index contributed by atoms with van der Waals surface area (Å²) in [5, 5.41) is 0. The third-order valence-corrected chi connectivity index (χ3v) is 4.06. The van der Waals surface area contributed by atoms with Crippen LogP contribution in [0.15, 0.2) is 29.2 Å². The van der Waals surface area contributed by atoms with Crippen LogP contribution in [0.5, 0.6) is 0 Å². The number of thioether (sulfide) groups is 1. The molecule has 1 aliphatic rings. The van der Waals surface area contributed by atoms with Gasteiger partial charge in [-0.25, -0.2) is 0 Å². The van der Waals surface area contributed by atoms with E-state index in [1.807, 2.05) is 0 Å². The van der Waals surface area contributed by atoms with Crippen molar-refractivity contribution in [3.05, 3.63) is 29.8 Å². The predicted octanol–water partition coefficient (Wildman–Crippen LogP) is 1.38. The predicted molar refractivity (Wildman–Crippen MR) is 67.5 cm³/mol. The van der Waals surface area contributed by atoms with Gasteiger partial charge in [-0.05, 0) is 24.0 Å². The van der Waals surface area contributed by atoms with Gasteiger partial charge in [0, 0.05) is 22.9 Å². The van der Waals surface area contributed by atoms with Crippen molar-refractivity contribution >= 4 is 11.8 Å². The SMILES string of the molecule is CSc1ccc(C(N)C2(CN)COC2)cc1. The topological polar surface area (TPSA) is 61.3 Å². The van der Waals surface area contributed by atoms with Crippen LogP contribution < -0.4 is 11.5 Å². The summed E-state index contributed by atoms with van der Waals surface area (Å²) in [6.45, 7) is 1.93. The van der Waals surface area contributed by atoms with Gasteiger partial charge >= 0.3 is 0 Å². The van der Waals surface area contributed by atoms with E-state index in [-0.39, 0.29) is 11.5 Å². The number of hydrogen-bond donors (Lipinski definition) is 2. The summed E-state index contributed by atoms with van der Waals surface area (Å²) in [6, 6.07) is 8.35. The van der Waals surface area contributed by atoms with Gasteiger partial charge < -0.3 is 16.2 Å². The average Bonchev–Trinajstić information content (AvgIpc) is 2.28. The van der Waals surface area contributed by atoms with Crippen molar-refractivity contribution in [1.82, 2.24) is 0 Å². The van der Waals surface area contributed by atoms with Gasteiger partial charge in [0.25, 0.3) is 0 Å². The largest absolute Gasteiger partial charge is 0.380 e. The Kier molecular flexibility index (Phi) is 3.54. The highest BCUT2D eigenvalue weighted by atomic mass is 32.2. The Bertz CT molecular complexity index is 343. The van der Waals surface area contributed by atoms with Crippen molar-refractivity contribution in [2.45, 2.75) is 10.9 Å². The van der Waals surface area contributed by atoms with Gasteiger partial charge in [0.2, 0.25) is 0 Å². The maximum atomic E-state index is 6.27. The second kappa shape index (κ2) is 4.75. The van der Waals surface area contributed by atoms with Crippen LogP contribution in [0.25, 0.3) is 0 Å². The van der Waals surface area contributed by atoms with Crippen LogP contribution in [0.4, 0.5) is 0 Å². The molecule has 1 fully saturated rings. The maximum Gasteiger partial charge on any atom is 0.0575 e. The molecule has 1 unspecified atom stereocenters. The zero-order valence-corrected chi connectivity index (χ0v) is 10.3. The molecular formula is C12H18N2OS. The Morgan fingerprint density at radius 3 is 2.38 bits per heavy atom. The molecule has 0 aliphatic carbocycles. The van der Waals surface area contributed by atoms with Crippen molar-refractivity contribution in [3.8, 4) is 0 Å². The molecule has 1 atom stereocenters. The first kappa shape index (κ1) is 11.9. The molecule has 1 aromatic rings. The lowest BCUT2D eigenvalue weighted by Crippen LogP contribution is -2.54. The van der Waals surface area contributed by atoms with E-state index in [0.29, 0.717) is 19.8 Å². The fraction of sp³-hybridized carbons (Fsp3) is 0.500. The molecule has 4 heteroatoms. The standard InChI is InChI=1S/C12H18N2OS/c1-16-10-4-2-9(3-5-10)11(14)12(6-13)7-15-8-12/h2-5,11H,6-8,13-14H2,1H3. The van der Waals surface area contributed by atoms with Crippen LogP contribution in [0.2, 0.25) is 0 Å². The first-order valence-electron chi connectivity index (χ1n) is 5.39. The van der Waals surface area contributed by atoms with Gasteiger partial charge in [0.15, 0.2) is 0 Å². The number of hydrogen-bond acceptors (Lipinski definition) is 4. The zero-order chi connectivity index (χ0) is 11.6. The zero-order valence-electron chi connectivity index (χ0n) is 9.48. The molecule has 4 N–H and O–H groups in total. The summed E-state index contributed by atoms with van der Waals surface area (Å²) in [5.74, 6) is 0. The molecule has 3 nitrogen and oxygen atoms in total. The summed E-state index contributed by atoms with van der Waals surface area (Å²) in [7, 11) is 0. The fourth-order valence-electron chi connectivity index (χ4n) is 1.95. The van der Waals surface area contributed by atoms with Crippen molar-refractivity contribution in [1.29, 1.82) is 0 Å². The minimum Gasteiger partial charge on any atom is -0.380 e. The van der Waals surface area contributed by atoms with Gasteiger partial charge in [0.1, 0.15) is 0 Å². The van der Waals surface area contributed by atoms with E-state index in [2.05, 4.69) is 30.5 Å². The lowest BCUT2D eigenvalue weighted by Gasteiger charge is -2.45. The molecule has 1 aliphatic heterocycles. The second-order valence-electron chi connectivity index (χ2n) is 4.31. The van der Waals surface area contributed by atoms with Gasteiger partial charge in [-0.3, -0.25) is 0 Å². The monoisotopic (exact) mass is 238 g/mol. The molecule has 0 spiro atoms. The highest BCUT2D eigenvalue weighted by Gasteiger charge is 2.43. The summed E-state index contributed by atoms with van der Waals surface area (Å²) in [4.78, 5) is 1.25. The Hall–Kier alpha value is -0.550. The summed E-state index contributed by atoms with van der Waals surface area (Å²) >= 11 is 1.73. The first-order chi connectivity index (χ1) is 7.72. The fourth-order valence-corrected chi connectivity index (χ4v) is 2.36. The Morgan fingerprint density at radius 1 is 1.38 bits per heavy atom. The van der Waals surface area contributed by atoms with Crippen LogP contribution in [0.1, 0.15) is 11.6 Å². The van der Waals surface area contributed by atoms with Crippen molar-refractivity contribution in [2.24, 2.45) is 16.9 Å². The maximum absolute atomic E-state index is 6.27. The summed E-state index contributed by atoms with van der Waals surface area (Å²) in [5.41, 5.74) is 13.2. The third-order valence-electron chi connectivity index (χ3n) is 3.32. The molecule has 0 amide bonds. The highest BCUT2D eigenvalue weighted by molar-refractivity contribution is 7.98. The number of nitrogens with two attached hydrogens (primary N) is 2. The quantitative estimate of drug-likeness (QED) is 0.778. The minimum absolute atomic E-state index is 0.0258. The van der Waals surface area contributed by atoms with Crippen molar-refractivity contribution in [3.63, 3.8) is 0 Å². The molecule has 88 valence electrons. The molecule has 0 saturated carbocycles. The minimum atomic E-state index is -0.0547. The Morgan fingerprint density at radius 2 is 2.00 bits per heavy atom. The average molecular weight is 238 g/mol. The van der Waals surface area contributed by atoms with Crippen molar-refractivity contribution < 1.29 is 4.74 Å². The molecule has 16 heavy (non-hydrogen) atoms. The molecule has 1 heterocycles. The number of rotatable bonds is 4. The molecule has 1 saturated heterocycles. The van der Waals surface area contributed by atoms with Crippen LogP contribution in [0.3, 0.4) is 0 Å². The highest BCUT2D eigenvalue weighted by Crippen LogP contribution is 2.38. The molecular weight excluding hydrogens is 220 g/mol.